The molecule has 1 aromatic carbocycles. The van der Waals surface area contributed by atoms with Crippen molar-refractivity contribution in [1.29, 1.82) is 0 Å². The topological polar surface area (TPSA) is 286 Å². The van der Waals surface area contributed by atoms with Crippen LogP contribution in [-0.2, 0) is 14.3 Å². The van der Waals surface area contributed by atoms with Crippen LogP contribution in [0.3, 0.4) is 0 Å². The van der Waals surface area contributed by atoms with Crippen molar-refractivity contribution in [2.45, 2.75) is 90.1 Å². The molecule has 9 rings (SSSR count). The van der Waals surface area contributed by atoms with Gasteiger partial charge in [0.25, 0.3) is 0 Å². The van der Waals surface area contributed by atoms with Gasteiger partial charge in [-0.3, -0.25) is 14.9 Å². The Morgan fingerprint density at radius 1 is 0.769 bits per heavy atom. The number of benzene rings is 1. The molecule has 4 aromatic heterocycles. The van der Waals surface area contributed by atoms with Crippen LogP contribution in [-0.4, -0.2) is 178 Å². The van der Waals surface area contributed by atoms with Crippen molar-refractivity contribution in [3.05, 3.63) is 82.0 Å². The van der Waals surface area contributed by atoms with E-state index in [0.29, 0.717) is 81.4 Å². The van der Waals surface area contributed by atoms with Gasteiger partial charge in [-0.15, -0.1) is 0 Å². The van der Waals surface area contributed by atoms with Crippen LogP contribution in [0.1, 0.15) is 66.8 Å². The fourth-order valence-corrected chi connectivity index (χ4v) is 8.97. The molecule has 3 atom stereocenters. The van der Waals surface area contributed by atoms with Crippen LogP contribution in [0.4, 0.5) is 58.7 Å². The zero-order valence-corrected chi connectivity index (χ0v) is 45.9. The molecule has 78 heavy (non-hydrogen) atoms. The molecule has 8 heterocycles. The molecule has 4 aliphatic heterocycles. The van der Waals surface area contributed by atoms with E-state index in [4.69, 9.17) is 38.4 Å². The number of halogens is 4. The lowest BCUT2D eigenvalue weighted by molar-refractivity contribution is -0.384. The van der Waals surface area contributed by atoms with E-state index in [2.05, 4.69) is 62.3 Å². The van der Waals surface area contributed by atoms with E-state index in [1.54, 1.807) is 47.9 Å². The summed E-state index contributed by atoms with van der Waals surface area (Å²) < 4.78 is 42.4. The van der Waals surface area contributed by atoms with Gasteiger partial charge in [-0.1, -0.05) is 6.58 Å². The minimum absolute atomic E-state index is 0.00806. The maximum Gasteiger partial charge on any atom is 0.410 e. The molecule has 4 saturated heterocycles. The highest BCUT2D eigenvalue weighted by Gasteiger charge is 2.33. The predicted octanol–water partition coefficient (Wildman–Crippen LogP) is 7.15. The van der Waals surface area contributed by atoms with Gasteiger partial charge in [0.2, 0.25) is 28.2 Å². The first-order valence-corrected chi connectivity index (χ1v) is 25.8. The number of nitrogens with two attached hydrogens (primary N) is 1. The Balaban J connectivity index is 0.000000177. The number of amides is 3. The van der Waals surface area contributed by atoms with E-state index < -0.39 is 33.9 Å². The first-order chi connectivity index (χ1) is 36.8. The van der Waals surface area contributed by atoms with Crippen LogP contribution >= 0.6 is 23.2 Å². The Labute approximate surface area is 459 Å². The zero-order valence-electron chi connectivity index (χ0n) is 44.4. The molecule has 5 aromatic rings. The number of hydrogen-bond donors (Lipinski definition) is 4. The van der Waals surface area contributed by atoms with E-state index in [0.717, 1.165) is 32.1 Å². The van der Waals surface area contributed by atoms with Crippen molar-refractivity contribution in [2.75, 3.05) is 99.1 Å². The molecular formula is C49H64Cl2F2N18O7. The lowest BCUT2D eigenvalue weighted by Gasteiger charge is -2.34. The number of anilines is 6. The third kappa shape index (κ3) is 15.4. The molecular weight excluding hydrogens is 1060 g/mol. The van der Waals surface area contributed by atoms with Crippen LogP contribution < -0.4 is 26.6 Å². The fraction of sp³-hybridized carbons (Fsp3) is 0.510. The van der Waals surface area contributed by atoms with E-state index in [9.17, 15) is 33.3 Å². The van der Waals surface area contributed by atoms with E-state index in [1.807, 2.05) is 37.3 Å². The number of carbonyl (C=O) groups is 3. The summed E-state index contributed by atoms with van der Waals surface area (Å²) in [6.45, 7) is 20.5. The average molecular weight is 1130 g/mol. The Kier molecular flexibility index (Phi) is 18.5. The number of nitrogens with one attached hydrogen (secondary N) is 3. The van der Waals surface area contributed by atoms with Gasteiger partial charge in [-0.25, -0.2) is 38.3 Å². The number of likely N-dealkylation sites (tertiary alicyclic amines) is 3. The van der Waals surface area contributed by atoms with Gasteiger partial charge in [0, 0.05) is 77.5 Å². The third-order valence-electron chi connectivity index (χ3n) is 12.6. The number of nitrogens with zero attached hydrogens (tertiary/aromatic N) is 14. The number of likely N-dealkylation sites (N-methyl/N-ethyl adjacent to an activating group) is 1. The number of nitro groups is 1. The third-order valence-corrected chi connectivity index (χ3v) is 13.0. The van der Waals surface area contributed by atoms with Gasteiger partial charge in [-0.2, -0.15) is 15.0 Å². The normalized spacial score (nSPS) is 18.6. The number of ether oxygens (including phenoxy) is 2. The maximum absolute atomic E-state index is 14.9. The van der Waals surface area contributed by atoms with Crippen LogP contribution in [0.5, 0.6) is 0 Å². The molecule has 3 unspecified atom stereocenters. The molecule has 29 heteroatoms. The van der Waals surface area contributed by atoms with Gasteiger partial charge in [0.15, 0.2) is 23.1 Å². The number of imidazole rings is 1. The summed E-state index contributed by atoms with van der Waals surface area (Å²) in [7, 11) is 2.01. The Morgan fingerprint density at radius 3 is 1.94 bits per heavy atom. The largest absolute Gasteiger partial charge is 0.444 e. The number of rotatable bonds is 10. The summed E-state index contributed by atoms with van der Waals surface area (Å²) in [6.07, 6.45) is 8.48. The number of nitrogen functional groups attached to an aromatic ring is 1. The van der Waals surface area contributed by atoms with Crippen molar-refractivity contribution in [1.82, 2.24) is 59.1 Å². The van der Waals surface area contributed by atoms with Crippen LogP contribution in [0.25, 0.3) is 11.2 Å². The van der Waals surface area contributed by atoms with E-state index in [-0.39, 0.29) is 69.5 Å². The van der Waals surface area contributed by atoms with Crippen molar-refractivity contribution >= 4 is 92.8 Å². The van der Waals surface area contributed by atoms with E-state index >= 15 is 0 Å². The number of aromatic nitrogens is 8. The summed E-state index contributed by atoms with van der Waals surface area (Å²) in [5.41, 5.74) is 6.26. The molecule has 0 bridgehead atoms. The second-order valence-electron chi connectivity index (χ2n) is 20.8. The second-order valence-corrected chi connectivity index (χ2v) is 21.5. The van der Waals surface area contributed by atoms with Gasteiger partial charge >= 0.3 is 17.9 Å². The molecule has 3 amide bonds. The SMILES string of the molecule is C=CC(=O)N1CCC(n2cnc3cnc(Nc4ccc(N5CCN(C)CC5)c(F)c4F)nc32)C1.CC(C)(C)OC(=O)N1CCC(Nc2nc(Cl)ncc2N)C1.CC(C)(C)OC(=O)N1CCC(Nc2nc(Cl)ncc2[N+](=O)[O-])C1. The summed E-state index contributed by atoms with van der Waals surface area (Å²) in [5.74, 6) is -1.29. The number of hydrogen-bond acceptors (Lipinski definition) is 20. The first-order valence-electron chi connectivity index (χ1n) is 25.1. The average Bonchev–Trinajstić information content (AvgIpc) is 4.25. The Bertz CT molecular complexity index is 2990. The monoisotopic (exact) mass is 1120 g/mol. The highest BCUT2D eigenvalue weighted by atomic mass is 35.5. The second kappa shape index (κ2) is 24.9. The molecule has 0 radical (unpaired) electrons. The lowest BCUT2D eigenvalue weighted by atomic mass is 10.2. The highest BCUT2D eigenvalue weighted by molar-refractivity contribution is 6.28. The molecule has 4 fully saturated rings. The first kappa shape index (κ1) is 58.2. The fourth-order valence-electron chi connectivity index (χ4n) is 8.71. The van der Waals surface area contributed by atoms with Gasteiger partial charge in [-0.05, 0) is 109 Å². The van der Waals surface area contributed by atoms with Crippen LogP contribution in [0.15, 0.2) is 49.7 Å². The molecule has 0 saturated carbocycles. The van der Waals surface area contributed by atoms with Gasteiger partial charge < -0.3 is 60.2 Å². The maximum atomic E-state index is 14.9. The van der Waals surface area contributed by atoms with Crippen molar-refractivity contribution < 1.29 is 37.6 Å². The molecule has 5 N–H and O–H groups in total. The van der Waals surface area contributed by atoms with Crippen molar-refractivity contribution in [3.63, 3.8) is 0 Å². The molecule has 0 aliphatic carbocycles. The summed E-state index contributed by atoms with van der Waals surface area (Å²) in [4.78, 5) is 83.7. The predicted molar refractivity (Wildman–Crippen MR) is 290 cm³/mol. The standard InChI is InChI=1S/C23H26F2N8O.C13H18ClN5O4.C13H20ClN5O2/c1-3-19(34)32-7-6-15(13-32)33-14-27-17-12-26-23(29-22(17)33)28-16-4-5-18(21(25)20(16)24)31-10-8-30(2)9-11-31;1-13(2,3)23-12(20)18-5-4-8(7-18)16-10-9(19(21)22)6-15-11(14)17-10;1-13(2,3)21-12(20)19-5-4-8(7-19)17-10-9(15)6-16-11(14)18-10/h3-5,12,14-15H,1,6-11,13H2,2H3,(H,26,28,29);6,8H,4-5,7H2,1-3H3,(H,15,16,17);6,8H,4-5,7,15H2,1-3H3,(H,16,17,18). The van der Waals surface area contributed by atoms with Gasteiger partial charge in [0.05, 0.1) is 46.7 Å². The Hall–Kier alpha value is -7.52. The minimum Gasteiger partial charge on any atom is -0.444 e. The highest BCUT2D eigenvalue weighted by Crippen LogP contribution is 2.31. The number of carbonyl (C=O) groups excluding carboxylic acids is 3. The van der Waals surface area contributed by atoms with Gasteiger partial charge in [0.1, 0.15) is 22.9 Å². The zero-order chi connectivity index (χ0) is 56.6. The summed E-state index contributed by atoms with van der Waals surface area (Å²) >= 11 is 11.4. The molecule has 4 aliphatic rings. The lowest BCUT2D eigenvalue weighted by Crippen LogP contribution is -2.44. The summed E-state index contributed by atoms with van der Waals surface area (Å²) in [6, 6.07) is 2.98. The molecule has 0 spiro atoms. The minimum atomic E-state index is -0.969. The smallest absolute Gasteiger partial charge is 0.410 e. The number of piperazine rings is 1. The number of fused-ring (bicyclic) bond motifs is 1. The quantitative estimate of drug-likeness (QED) is 0.0467. The van der Waals surface area contributed by atoms with Crippen molar-refractivity contribution in [3.8, 4) is 0 Å². The Morgan fingerprint density at radius 2 is 1.35 bits per heavy atom. The van der Waals surface area contributed by atoms with Crippen LogP contribution in [0, 0.1) is 21.7 Å². The summed E-state index contributed by atoms with van der Waals surface area (Å²) in [5, 5.41) is 20.0. The molecule has 420 valence electrons. The van der Waals surface area contributed by atoms with Crippen molar-refractivity contribution in [2.24, 2.45) is 0 Å². The van der Waals surface area contributed by atoms with Crippen LogP contribution in [0.2, 0.25) is 10.6 Å². The molecule has 25 nitrogen and oxygen atoms in total. The van der Waals surface area contributed by atoms with E-state index in [1.165, 1.54) is 24.5 Å².